The molecular weight excluding hydrogens is 685 g/mol. The SMILES string of the molecule is [2H]C([2H])([2H])C([2H])([2H])C([2H])([2H])C([2H])([2H])CCCC/C=C/CCCCCCCC(=O)O[C@H](CO/C=C/CCCCCCCCCCCCCCCC)COP(=O)(O)OCC[N+](C)(C)C. The summed E-state index contributed by atoms with van der Waals surface area (Å²) in [4.78, 5) is 22.9. The van der Waals surface area contributed by atoms with Gasteiger partial charge in [0.2, 0.25) is 0 Å². The number of likely N-dealkylation sites (N-methyl/N-ethyl adjacent to an activating group) is 1. The van der Waals surface area contributed by atoms with Gasteiger partial charge in [0.15, 0.2) is 6.10 Å². The summed E-state index contributed by atoms with van der Waals surface area (Å²) in [6, 6.07) is 0. The number of quaternary nitrogens is 1. The smallest absolute Gasteiger partial charge is 0.472 e. The van der Waals surface area contributed by atoms with Gasteiger partial charge in [-0.15, -0.1) is 0 Å². The average molecular weight is 782 g/mol. The maximum Gasteiger partial charge on any atom is 0.472 e. The minimum absolute atomic E-state index is 0.0228. The second-order valence-corrected chi connectivity index (χ2v) is 16.7. The van der Waals surface area contributed by atoms with Crippen LogP contribution in [0.2, 0.25) is 0 Å². The van der Waals surface area contributed by atoms with Crippen molar-refractivity contribution in [3.63, 3.8) is 0 Å². The van der Waals surface area contributed by atoms with Crippen molar-refractivity contribution in [3.05, 3.63) is 24.5 Å². The van der Waals surface area contributed by atoms with Crippen LogP contribution in [0.1, 0.15) is 212 Å². The minimum atomic E-state index is -4.36. The van der Waals surface area contributed by atoms with E-state index in [-0.39, 0.29) is 32.7 Å². The first-order valence-corrected chi connectivity index (χ1v) is 22.5. The molecule has 314 valence electrons. The summed E-state index contributed by atoms with van der Waals surface area (Å²) >= 11 is 0. The largest absolute Gasteiger partial charge is 0.498 e. The van der Waals surface area contributed by atoms with Crippen molar-refractivity contribution < 1.29 is 49.6 Å². The Labute approximate surface area is 341 Å². The van der Waals surface area contributed by atoms with Gasteiger partial charge in [-0.3, -0.25) is 13.8 Å². The lowest BCUT2D eigenvalue weighted by Gasteiger charge is -2.24. The molecule has 0 aromatic rings. The normalized spacial score (nSPS) is 17.5. The molecule has 1 N–H and O–H groups in total. The molecule has 9 heteroatoms. The molecule has 0 fully saturated rings. The van der Waals surface area contributed by atoms with E-state index in [9.17, 15) is 14.3 Å². The number of hydrogen-bond acceptors (Lipinski definition) is 6. The molecule has 0 aliphatic heterocycles. The number of ether oxygens (including phenoxy) is 2. The topological polar surface area (TPSA) is 91.3 Å². The van der Waals surface area contributed by atoms with Crippen molar-refractivity contribution >= 4 is 13.8 Å². The number of nitrogens with zero attached hydrogens (tertiary/aromatic N) is 1. The van der Waals surface area contributed by atoms with E-state index in [4.69, 9.17) is 30.9 Å². The van der Waals surface area contributed by atoms with Crippen molar-refractivity contribution in [2.45, 2.75) is 206 Å². The molecular formula is C44H87NO7P+. The van der Waals surface area contributed by atoms with Gasteiger partial charge in [0.25, 0.3) is 0 Å². The molecule has 0 spiro atoms. The first-order chi connectivity index (χ1) is 29.0. The van der Waals surface area contributed by atoms with E-state index in [2.05, 4.69) is 6.92 Å². The zero-order valence-corrected chi connectivity index (χ0v) is 35.3. The molecule has 0 bridgehead atoms. The highest BCUT2D eigenvalue weighted by atomic mass is 31.2. The van der Waals surface area contributed by atoms with Crippen LogP contribution in [0, 0.1) is 0 Å². The monoisotopic (exact) mass is 782 g/mol. The standard InChI is InChI=1S/C44H86NO7P/c1-6-8-10-12-14-16-18-20-22-24-26-28-30-32-34-36-39-49-41-43(42-51-53(47,48)50-40-38-45(3,4)5)52-44(46)37-35-33-31-29-27-25-23-21-19-17-15-13-11-9-7-2/h21,23,36,39,43H,6-20,22,24-35,37-38,40-42H2,1-5H3/p+1/b23-21+,39-36+/t43-/m1/s1/i2D3,7D2,9D2,11D2. The Morgan fingerprint density at radius 3 is 1.75 bits per heavy atom. The molecule has 1 unspecified atom stereocenters. The Balaban J connectivity index is 4.46. The lowest BCUT2D eigenvalue weighted by Crippen LogP contribution is -2.37. The summed E-state index contributed by atoms with van der Waals surface area (Å²) in [6.45, 7) is -0.860. The van der Waals surface area contributed by atoms with Gasteiger partial charge in [0.1, 0.15) is 19.8 Å². The third-order valence-electron chi connectivity index (χ3n) is 8.93. The van der Waals surface area contributed by atoms with Crippen molar-refractivity contribution in [2.75, 3.05) is 47.5 Å². The van der Waals surface area contributed by atoms with Crippen molar-refractivity contribution in [1.29, 1.82) is 0 Å². The van der Waals surface area contributed by atoms with Crippen LogP contribution in [0.5, 0.6) is 0 Å². The fourth-order valence-corrected chi connectivity index (χ4v) is 6.38. The van der Waals surface area contributed by atoms with E-state index in [1.165, 1.54) is 83.5 Å². The highest BCUT2D eigenvalue weighted by Gasteiger charge is 2.26. The summed E-state index contributed by atoms with van der Waals surface area (Å²) in [6.07, 6.45) is 23.3. The average Bonchev–Trinajstić information content (AvgIpc) is 3.16. The van der Waals surface area contributed by atoms with Crippen LogP contribution in [0.25, 0.3) is 0 Å². The molecule has 0 amide bonds. The van der Waals surface area contributed by atoms with Crippen LogP contribution < -0.4 is 0 Å². The van der Waals surface area contributed by atoms with Gasteiger partial charge in [0, 0.05) is 18.8 Å². The zero-order chi connectivity index (χ0) is 47.0. The van der Waals surface area contributed by atoms with E-state index >= 15 is 0 Å². The predicted octanol–water partition coefficient (Wildman–Crippen LogP) is 13.2. The molecule has 53 heavy (non-hydrogen) atoms. The maximum absolute atomic E-state index is 12.7. The number of phosphoric ester groups is 1. The molecule has 0 rings (SSSR count). The summed E-state index contributed by atoms with van der Waals surface area (Å²) in [7, 11) is 1.46. The fourth-order valence-electron chi connectivity index (χ4n) is 5.64. The van der Waals surface area contributed by atoms with Gasteiger partial charge < -0.3 is 18.9 Å². The number of hydrogen-bond donors (Lipinski definition) is 1. The van der Waals surface area contributed by atoms with E-state index < -0.39 is 45.9 Å². The molecule has 0 aliphatic rings. The van der Waals surface area contributed by atoms with Gasteiger partial charge >= 0.3 is 13.8 Å². The molecule has 0 radical (unpaired) electrons. The second kappa shape index (κ2) is 37.7. The predicted molar refractivity (Wildman–Crippen MR) is 224 cm³/mol. The first kappa shape index (κ1) is 37.4. The summed E-state index contributed by atoms with van der Waals surface area (Å²) in [5, 5.41) is 0. The molecule has 0 aromatic heterocycles. The van der Waals surface area contributed by atoms with E-state index in [1.807, 2.05) is 39.4 Å². The highest BCUT2D eigenvalue weighted by Crippen LogP contribution is 2.43. The quantitative estimate of drug-likeness (QED) is 0.0165. The van der Waals surface area contributed by atoms with Crippen LogP contribution in [0.4, 0.5) is 0 Å². The fraction of sp³-hybridized carbons (Fsp3) is 0.886. The molecule has 2 atom stereocenters. The molecule has 0 saturated carbocycles. The Hall–Kier alpha value is -1.18. The lowest BCUT2D eigenvalue weighted by atomic mass is 10.0. The highest BCUT2D eigenvalue weighted by molar-refractivity contribution is 7.47. The molecule has 8 nitrogen and oxygen atoms in total. The number of carbonyl (C=O) groups is 1. The lowest BCUT2D eigenvalue weighted by molar-refractivity contribution is -0.870. The molecule has 0 aliphatic carbocycles. The van der Waals surface area contributed by atoms with Gasteiger partial charge in [-0.1, -0.05) is 161 Å². The zero-order valence-electron chi connectivity index (χ0n) is 43.4. The Morgan fingerprint density at radius 2 is 1.21 bits per heavy atom. The van der Waals surface area contributed by atoms with Gasteiger partial charge in [-0.05, 0) is 51.0 Å². The van der Waals surface area contributed by atoms with Crippen molar-refractivity contribution in [1.82, 2.24) is 0 Å². The Bertz CT molecular complexity index is 1250. The molecule has 0 aromatic carbocycles. The van der Waals surface area contributed by atoms with Crippen LogP contribution in [0.15, 0.2) is 24.5 Å². The number of phosphoric acid groups is 1. The van der Waals surface area contributed by atoms with E-state index in [1.54, 1.807) is 6.26 Å². The van der Waals surface area contributed by atoms with Gasteiger partial charge in [-0.2, -0.15) is 0 Å². The number of rotatable bonds is 41. The van der Waals surface area contributed by atoms with Crippen LogP contribution in [0.3, 0.4) is 0 Å². The Morgan fingerprint density at radius 1 is 0.698 bits per heavy atom. The van der Waals surface area contributed by atoms with Crippen LogP contribution >= 0.6 is 7.82 Å². The second-order valence-electron chi connectivity index (χ2n) is 15.3. The maximum atomic E-state index is 12.7. The molecule has 0 heterocycles. The first-order valence-electron chi connectivity index (χ1n) is 25.5. The van der Waals surface area contributed by atoms with Crippen LogP contribution in [-0.4, -0.2) is 69.0 Å². The summed E-state index contributed by atoms with van der Waals surface area (Å²) < 4.78 is 104. The third kappa shape index (κ3) is 41.8. The Kier molecular flexibility index (Phi) is 26.6. The van der Waals surface area contributed by atoms with Crippen molar-refractivity contribution in [2.24, 2.45) is 0 Å². The van der Waals surface area contributed by atoms with E-state index in [0.717, 1.165) is 44.9 Å². The third-order valence-corrected chi connectivity index (χ3v) is 9.91. The van der Waals surface area contributed by atoms with E-state index in [0.29, 0.717) is 36.7 Å². The number of carbonyl (C=O) groups excluding carboxylic acids is 1. The van der Waals surface area contributed by atoms with Crippen LogP contribution in [-0.2, 0) is 27.9 Å². The number of unbranched alkanes of at least 4 members (excludes halogenated alkanes) is 21. The van der Waals surface area contributed by atoms with Crippen molar-refractivity contribution in [3.8, 4) is 0 Å². The van der Waals surface area contributed by atoms with Gasteiger partial charge in [-0.25, -0.2) is 4.57 Å². The number of allylic oxidation sites excluding steroid dienone is 3. The summed E-state index contributed by atoms with van der Waals surface area (Å²) in [5.74, 6) is -0.435. The van der Waals surface area contributed by atoms with Gasteiger partial charge in [0.05, 0.1) is 34.0 Å². The molecule has 0 saturated heterocycles. The number of esters is 1. The minimum Gasteiger partial charge on any atom is -0.498 e. The summed E-state index contributed by atoms with van der Waals surface area (Å²) in [5.41, 5.74) is 0.